The van der Waals surface area contributed by atoms with Crippen molar-refractivity contribution in [1.82, 2.24) is 0 Å². The molecule has 0 aromatic heterocycles. The molecule has 0 spiro atoms. The molecular formula is C12H13FO2. The summed E-state index contributed by atoms with van der Waals surface area (Å²) in [6.45, 7) is 3.62. The summed E-state index contributed by atoms with van der Waals surface area (Å²) in [6, 6.07) is 5.73. The van der Waals surface area contributed by atoms with Crippen molar-refractivity contribution in [3.63, 3.8) is 0 Å². The van der Waals surface area contributed by atoms with E-state index in [0.29, 0.717) is 11.1 Å². The maximum Gasteiger partial charge on any atom is 0.331 e. The van der Waals surface area contributed by atoms with E-state index in [1.165, 1.54) is 12.1 Å². The van der Waals surface area contributed by atoms with Gasteiger partial charge in [-0.15, -0.1) is 0 Å². The van der Waals surface area contributed by atoms with E-state index in [1.54, 1.807) is 18.2 Å². The number of halogens is 1. The van der Waals surface area contributed by atoms with E-state index in [1.807, 2.05) is 13.8 Å². The molecule has 15 heavy (non-hydrogen) atoms. The minimum atomic E-state index is -0.936. The third kappa shape index (κ3) is 3.20. The van der Waals surface area contributed by atoms with Gasteiger partial charge in [0.15, 0.2) is 0 Å². The maximum atomic E-state index is 12.6. The number of hydrogen-bond acceptors (Lipinski definition) is 1. The van der Waals surface area contributed by atoms with Crippen LogP contribution in [0.2, 0.25) is 0 Å². The first-order valence-corrected chi connectivity index (χ1v) is 4.71. The van der Waals surface area contributed by atoms with Gasteiger partial charge in [-0.1, -0.05) is 26.0 Å². The van der Waals surface area contributed by atoms with Gasteiger partial charge < -0.3 is 5.11 Å². The summed E-state index contributed by atoms with van der Waals surface area (Å²) in [6.07, 6.45) is 1.56. The predicted molar refractivity (Wildman–Crippen MR) is 56.9 cm³/mol. The lowest BCUT2D eigenvalue weighted by Gasteiger charge is -2.05. The summed E-state index contributed by atoms with van der Waals surface area (Å²) < 4.78 is 12.6. The Labute approximate surface area is 88.1 Å². The van der Waals surface area contributed by atoms with Crippen LogP contribution in [0.5, 0.6) is 0 Å². The van der Waals surface area contributed by atoms with Crippen molar-refractivity contribution < 1.29 is 14.3 Å². The second-order valence-electron chi connectivity index (χ2n) is 3.61. The monoisotopic (exact) mass is 208 g/mol. The quantitative estimate of drug-likeness (QED) is 0.775. The lowest BCUT2D eigenvalue weighted by molar-refractivity contribution is -0.133. The molecule has 0 aliphatic rings. The molecule has 1 aromatic carbocycles. The molecule has 0 saturated heterocycles. The Morgan fingerprint density at radius 3 is 2.27 bits per heavy atom. The van der Waals surface area contributed by atoms with E-state index in [0.717, 1.165) is 0 Å². The van der Waals surface area contributed by atoms with Gasteiger partial charge >= 0.3 is 5.97 Å². The summed E-state index contributed by atoms with van der Waals surface area (Å²) in [5.74, 6) is -1.32. The second kappa shape index (κ2) is 4.73. The van der Waals surface area contributed by atoms with E-state index < -0.39 is 5.97 Å². The van der Waals surface area contributed by atoms with Gasteiger partial charge in [-0.25, -0.2) is 9.18 Å². The molecule has 0 fully saturated rings. The zero-order chi connectivity index (χ0) is 11.4. The molecule has 0 aliphatic heterocycles. The normalized spacial score (nSPS) is 11.9. The highest BCUT2D eigenvalue weighted by molar-refractivity contribution is 5.92. The fourth-order valence-electron chi connectivity index (χ4n) is 1.21. The van der Waals surface area contributed by atoms with Gasteiger partial charge in [0.1, 0.15) is 5.82 Å². The van der Waals surface area contributed by atoms with Gasteiger partial charge in [0, 0.05) is 5.57 Å². The van der Waals surface area contributed by atoms with Crippen molar-refractivity contribution in [2.24, 2.45) is 5.92 Å². The number of aliphatic carboxylic acids is 1. The van der Waals surface area contributed by atoms with Gasteiger partial charge in [0.25, 0.3) is 0 Å². The van der Waals surface area contributed by atoms with Crippen molar-refractivity contribution in [1.29, 1.82) is 0 Å². The Morgan fingerprint density at radius 1 is 1.33 bits per heavy atom. The molecule has 3 heteroatoms. The summed E-state index contributed by atoms with van der Waals surface area (Å²) in [5.41, 5.74) is 1.02. The summed E-state index contributed by atoms with van der Waals surface area (Å²) in [4.78, 5) is 10.9. The van der Waals surface area contributed by atoms with Crippen LogP contribution in [0.4, 0.5) is 4.39 Å². The number of rotatable bonds is 3. The Bertz CT molecular complexity index is 377. The number of carboxylic acid groups (broad SMARTS) is 1. The molecule has 0 atom stereocenters. The molecule has 0 bridgehead atoms. The average molecular weight is 208 g/mol. The largest absolute Gasteiger partial charge is 0.478 e. The van der Waals surface area contributed by atoms with Crippen LogP contribution in [0.25, 0.3) is 6.08 Å². The van der Waals surface area contributed by atoms with E-state index in [4.69, 9.17) is 5.11 Å². The van der Waals surface area contributed by atoms with Gasteiger partial charge in [-0.05, 0) is 29.7 Å². The number of carboxylic acids is 1. The maximum absolute atomic E-state index is 12.6. The van der Waals surface area contributed by atoms with Crippen LogP contribution in [0.1, 0.15) is 19.4 Å². The minimum absolute atomic E-state index is 0.0625. The number of carbonyl (C=O) groups is 1. The minimum Gasteiger partial charge on any atom is -0.478 e. The summed E-state index contributed by atoms with van der Waals surface area (Å²) in [5, 5.41) is 8.92. The van der Waals surface area contributed by atoms with Crippen LogP contribution < -0.4 is 0 Å². The van der Waals surface area contributed by atoms with Crippen LogP contribution in [-0.2, 0) is 4.79 Å². The molecule has 1 rings (SSSR count). The van der Waals surface area contributed by atoms with Gasteiger partial charge in [-0.3, -0.25) is 0 Å². The average Bonchev–Trinajstić information content (AvgIpc) is 2.15. The highest BCUT2D eigenvalue weighted by Crippen LogP contribution is 2.15. The highest BCUT2D eigenvalue weighted by atomic mass is 19.1. The van der Waals surface area contributed by atoms with E-state index >= 15 is 0 Å². The molecule has 2 nitrogen and oxygen atoms in total. The van der Waals surface area contributed by atoms with Crippen molar-refractivity contribution in [2.45, 2.75) is 13.8 Å². The third-order valence-electron chi connectivity index (χ3n) is 2.06. The molecule has 0 aliphatic carbocycles. The summed E-state index contributed by atoms with van der Waals surface area (Å²) in [7, 11) is 0. The summed E-state index contributed by atoms with van der Waals surface area (Å²) >= 11 is 0. The van der Waals surface area contributed by atoms with Crippen molar-refractivity contribution in [2.75, 3.05) is 0 Å². The second-order valence-corrected chi connectivity index (χ2v) is 3.61. The Kier molecular flexibility index (Phi) is 3.61. The molecule has 0 saturated carbocycles. The van der Waals surface area contributed by atoms with Gasteiger partial charge in [-0.2, -0.15) is 0 Å². The molecule has 1 N–H and O–H groups in total. The van der Waals surface area contributed by atoms with Crippen LogP contribution in [-0.4, -0.2) is 11.1 Å². The van der Waals surface area contributed by atoms with Gasteiger partial charge in [0.2, 0.25) is 0 Å². The Hall–Kier alpha value is -1.64. The Balaban J connectivity index is 3.02. The van der Waals surface area contributed by atoms with Crippen LogP contribution in [0.3, 0.4) is 0 Å². The molecule has 0 radical (unpaired) electrons. The molecular weight excluding hydrogens is 195 g/mol. The number of hydrogen-bond donors (Lipinski definition) is 1. The fraction of sp³-hybridized carbons (Fsp3) is 0.250. The topological polar surface area (TPSA) is 37.3 Å². The standard InChI is InChI=1S/C12H13FO2/c1-8(2)11(12(14)15)7-9-3-5-10(13)6-4-9/h3-8H,1-2H3,(H,14,15)/b11-7+. The third-order valence-corrected chi connectivity index (χ3v) is 2.06. The zero-order valence-corrected chi connectivity index (χ0v) is 8.70. The number of benzene rings is 1. The van der Waals surface area contributed by atoms with Crippen molar-refractivity contribution in [3.8, 4) is 0 Å². The smallest absolute Gasteiger partial charge is 0.331 e. The molecule has 80 valence electrons. The SMILES string of the molecule is CC(C)/C(=C\c1ccc(F)cc1)C(=O)O. The molecule has 0 unspecified atom stereocenters. The molecule has 0 heterocycles. The lowest BCUT2D eigenvalue weighted by atomic mass is 10.0. The predicted octanol–water partition coefficient (Wildman–Crippen LogP) is 2.95. The molecule has 1 aromatic rings. The highest BCUT2D eigenvalue weighted by Gasteiger charge is 2.11. The van der Waals surface area contributed by atoms with E-state index in [9.17, 15) is 9.18 Å². The first kappa shape index (κ1) is 11.4. The van der Waals surface area contributed by atoms with Crippen LogP contribution in [0.15, 0.2) is 29.8 Å². The fourth-order valence-corrected chi connectivity index (χ4v) is 1.21. The van der Waals surface area contributed by atoms with E-state index in [-0.39, 0.29) is 11.7 Å². The Morgan fingerprint density at radius 2 is 1.87 bits per heavy atom. The van der Waals surface area contributed by atoms with Crippen molar-refractivity contribution in [3.05, 3.63) is 41.2 Å². The van der Waals surface area contributed by atoms with Gasteiger partial charge in [0.05, 0.1) is 0 Å². The lowest BCUT2D eigenvalue weighted by Crippen LogP contribution is -2.06. The first-order valence-electron chi connectivity index (χ1n) is 4.71. The van der Waals surface area contributed by atoms with E-state index in [2.05, 4.69) is 0 Å². The van der Waals surface area contributed by atoms with Crippen molar-refractivity contribution >= 4 is 12.0 Å². The van der Waals surface area contributed by atoms with Crippen LogP contribution >= 0.6 is 0 Å². The zero-order valence-electron chi connectivity index (χ0n) is 8.70. The first-order chi connectivity index (χ1) is 7.00. The van der Waals surface area contributed by atoms with Crippen LogP contribution in [0, 0.1) is 11.7 Å². The molecule has 0 amide bonds.